The van der Waals surface area contributed by atoms with Gasteiger partial charge in [-0.1, -0.05) is 29.4 Å². The summed E-state index contributed by atoms with van der Waals surface area (Å²) in [5.74, 6) is 4.88. The molecule has 5 nitrogen and oxygen atoms in total. The van der Waals surface area contributed by atoms with Crippen LogP contribution in [-0.2, 0) is 4.79 Å². The number of rotatable bonds is 3. The zero-order chi connectivity index (χ0) is 12.0. The van der Waals surface area contributed by atoms with Crippen molar-refractivity contribution < 1.29 is 4.79 Å². The van der Waals surface area contributed by atoms with Crippen molar-refractivity contribution in [1.29, 1.82) is 0 Å². The fraction of sp³-hybridized carbons (Fsp3) is 0.111. The van der Waals surface area contributed by atoms with Crippen LogP contribution in [0.1, 0.15) is 0 Å². The zero-order valence-electron chi connectivity index (χ0n) is 8.31. The van der Waals surface area contributed by atoms with Gasteiger partial charge >= 0.3 is 0 Å². The molecule has 1 rings (SSSR count). The minimum atomic E-state index is -0.195. The fourth-order valence-corrected chi connectivity index (χ4v) is 1.56. The first-order valence-electron chi connectivity index (χ1n) is 4.33. The van der Waals surface area contributed by atoms with E-state index in [0.717, 1.165) is 11.8 Å². The molecule has 7 heteroatoms. The number of amidine groups is 1. The van der Waals surface area contributed by atoms with E-state index < -0.39 is 0 Å². The van der Waals surface area contributed by atoms with Crippen LogP contribution in [0, 0.1) is 0 Å². The number of thioether (sulfide) groups is 1. The second-order valence-corrected chi connectivity index (χ2v) is 4.25. The van der Waals surface area contributed by atoms with E-state index in [1.54, 1.807) is 24.3 Å². The molecule has 1 aromatic carbocycles. The number of benzene rings is 1. The van der Waals surface area contributed by atoms with Crippen molar-refractivity contribution in [3.05, 3.63) is 29.3 Å². The Bertz CT molecular complexity index is 410. The topological polar surface area (TPSA) is 93.5 Å². The average molecular weight is 259 g/mol. The molecule has 1 amide bonds. The van der Waals surface area contributed by atoms with Crippen LogP contribution in [0.4, 0.5) is 5.69 Å². The van der Waals surface area contributed by atoms with Crippen molar-refractivity contribution in [2.24, 2.45) is 16.7 Å². The highest BCUT2D eigenvalue weighted by Crippen LogP contribution is 2.15. The van der Waals surface area contributed by atoms with Gasteiger partial charge in [0, 0.05) is 10.7 Å². The number of hydrogen-bond donors (Lipinski definition) is 3. The van der Waals surface area contributed by atoms with E-state index in [2.05, 4.69) is 10.4 Å². The highest BCUT2D eigenvalue weighted by molar-refractivity contribution is 8.14. The van der Waals surface area contributed by atoms with E-state index in [1.165, 1.54) is 0 Å². The summed E-state index contributed by atoms with van der Waals surface area (Å²) in [6.07, 6.45) is 0. The lowest BCUT2D eigenvalue weighted by Crippen LogP contribution is -2.18. The van der Waals surface area contributed by atoms with Crippen LogP contribution >= 0.6 is 23.4 Å². The Morgan fingerprint density at radius 3 is 2.94 bits per heavy atom. The molecule has 0 aliphatic rings. The summed E-state index contributed by atoms with van der Waals surface area (Å²) in [5.41, 5.74) is 5.97. The van der Waals surface area contributed by atoms with Gasteiger partial charge in [0.05, 0.1) is 5.75 Å². The summed E-state index contributed by atoms with van der Waals surface area (Å²) in [6.45, 7) is 0. The van der Waals surface area contributed by atoms with Crippen molar-refractivity contribution in [3.8, 4) is 0 Å². The summed E-state index contributed by atoms with van der Waals surface area (Å²) >= 11 is 6.83. The Labute approximate surface area is 102 Å². The van der Waals surface area contributed by atoms with E-state index >= 15 is 0 Å². The predicted octanol–water partition coefficient (Wildman–Crippen LogP) is 1.20. The first-order chi connectivity index (χ1) is 7.61. The van der Waals surface area contributed by atoms with Crippen LogP contribution in [0.25, 0.3) is 0 Å². The lowest BCUT2D eigenvalue weighted by Gasteiger charge is -2.04. The van der Waals surface area contributed by atoms with Crippen molar-refractivity contribution >= 4 is 40.1 Å². The summed E-state index contributed by atoms with van der Waals surface area (Å²) < 4.78 is 0. The number of nitrogens with one attached hydrogen (secondary N) is 1. The van der Waals surface area contributed by atoms with E-state index in [4.69, 9.17) is 23.2 Å². The van der Waals surface area contributed by atoms with Crippen LogP contribution in [-0.4, -0.2) is 16.8 Å². The van der Waals surface area contributed by atoms with Crippen molar-refractivity contribution in [2.45, 2.75) is 0 Å². The van der Waals surface area contributed by atoms with E-state index in [-0.39, 0.29) is 16.8 Å². The standard InChI is InChI=1S/C9H11ClN4OS/c10-6-2-1-3-7(4-6)13-8(15)5-16-9(11)14-12/h1-4H,5,12H2,(H2,11,14)(H,13,15). The molecule has 0 fully saturated rings. The number of halogens is 1. The molecule has 0 saturated carbocycles. The number of carbonyl (C=O) groups excluding carboxylic acids is 1. The maximum Gasteiger partial charge on any atom is 0.234 e. The molecule has 5 N–H and O–H groups in total. The van der Waals surface area contributed by atoms with Gasteiger partial charge < -0.3 is 16.9 Å². The third-order valence-corrected chi connectivity index (χ3v) is 2.63. The van der Waals surface area contributed by atoms with Gasteiger partial charge in [0.1, 0.15) is 0 Å². The number of anilines is 1. The van der Waals surface area contributed by atoms with E-state index in [9.17, 15) is 4.79 Å². The Balaban J connectivity index is 2.46. The predicted molar refractivity (Wildman–Crippen MR) is 68.3 cm³/mol. The second-order valence-electron chi connectivity index (χ2n) is 2.81. The van der Waals surface area contributed by atoms with E-state index in [1.807, 2.05) is 0 Å². The Morgan fingerprint density at radius 2 is 2.31 bits per heavy atom. The molecule has 0 heterocycles. The third kappa shape index (κ3) is 4.41. The molecule has 1 aromatic rings. The van der Waals surface area contributed by atoms with Crippen LogP contribution < -0.4 is 16.9 Å². The molecular formula is C9H11ClN4OS. The summed E-state index contributed by atoms with van der Waals surface area (Å²) in [6, 6.07) is 6.88. The highest BCUT2D eigenvalue weighted by Gasteiger charge is 2.04. The van der Waals surface area contributed by atoms with Gasteiger partial charge in [0.15, 0.2) is 5.17 Å². The number of amides is 1. The molecule has 86 valence electrons. The summed E-state index contributed by atoms with van der Waals surface area (Å²) in [4.78, 5) is 11.4. The normalized spacial score (nSPS) is 11.2. The summed E-state index contributed by atoms with van der Waals surface area (Å²) in [7, 11) is 0. The summed E-state index contributed by atoms with van der Waals surface area (Å²) in [5, 5.41) is 6.64. The number of nitrogens with two attached hydrogens (primary N) is 2. The molecule has 0 aliphatic carbocycles. The minimum Gasteiger partial charge on any atom is -0.377 e. The SMILES string of the molecule is NN=C(N)SCC(=O)Nc1cccc(Cl)c1. The Hall–Kier alpha value is -1.40. The molecular weight excluding hydrogens is 248 g/mol. The van der Waals surface area contributed by atoms with Crippen molar-refractivity contribution in [1.82, 2.24) is 0 Å². The fourth-order valence-electron chi connectivity index (χ4n) is 0.940. The van der Waals surface area contributed by atoms with Gasteiger partial charge in [-0.3, -0.25) is 4.79 Å². The van der Waals surface area contributed by atoms with Gasteiger partial charge in [-0.2, -0.15) is 5.10 Å². The molecule has 0 aliphatic heterocycles. The van der Waals surface area contributed by atoms with Crippen LogP contribution in [0.5, 0.6) is 0 Å². The zero-order valence-corrected chi connectivity index (χ0v) is 9.89. The average Bonchev–Trinajstić information content (AvgIpc) is 2.26. The highest BCUT2D eigenvalue weighted by atomic mass is 35.5. The molecule has 0 radical (unpaired) electrons. The van der Waals surface area contributed by atoms with Crippen LogP contribution in [0.3, 0.4) is 0 Å². The molecule has 0 saturated heterocycles. The number of hydrogen-bond acceptors (Lipinski definition) is 4. The largest absolute Gasteiger partial charge is 0.377 e. The molecule has 0 atom stereocenters. The Kier molecular flexibility index (Phi) is 4.94. The van der Waals surface area contributed by atoms with Gasteiger partial charge in [-0.25, -0.2) is 0 Å². The maximum atomic E-state index is 11.4. The smallest absolute Gasteiger partial charge is 0.234 e. The van der Waals surface area contributed by atoms with Gasteiger partial charge in [-0.15, -0.1) is 0 Å². The van der Waals surface area contributed by atoms with Crippen LogP contribution in [0.2, 0.25) is 5.02 Å². The van der Waals surface area contributed by atoms with Gasteiger partial charge in [0.2, 0.25) is 5.91 Å². The molecule has 0 bridgehead atoms. The lowest BCUT2D eigenvalue weighted by molar-refractivity contribution is -0.113. The first-order valence-corrected chi connectivity index (χ1v) is 5.69. The van der Waals surface area contributed by atoms with Crippen LogP contribution in [0.15, 0.2) is 29.4 Å². The molecule has 0 unspecified atom stereocenters. The monoisotopic (exact) mass is 258 g/mol. The molecule has 0 aromatic heterocycles. The third-order valence-electron chi connectivity index (χ3n) is 1.59. The molecule has 16 heavy (non-hydrogen) atoms. The van der Waals surface area contributed by atoms with Crippen molar-refractivity contribution in [2.75, 3.05) is 11.1 Å². The number of hydrazone groups is 1. The molecule has 0 spiro atoms. The van der Waals surface area contributed by atoms with Gasteiger partial charge in [0.25, 0.3) is 0 Å². The number of carbonyl (C=O) groups is 1. The second kappa shape index (κ2) is 6.24. The van der Waals surface area contributed by atoms with Gasteiger partial charge in [-0.05, 0) is 18.2 Å². The lowest BCUT2D eigenvalue weighted by atomic mass is 10.3. The Morgan fingerprint density at radius 1 is 1.56 bits per heavy atom. The maximum absolute atomic E-state index is 11.4. The van der Waals surface area contributed by atoms with E-state index in [0.29, 0.717) is 10.7 Å². The number of nitrogens with zero attached hydrogens (tertiary/aromatic N) is 1. The quantitative estimate of drug-likeness (QED) is 0.329. The first kappa shape index (κ1) is 12.7. The minimum absolute atomic E-state index is 0.152. The van der Waals surface area contributed by atoms with Crippen molar-refractivity contribution in [3.63, 3.8) is 0 Å².